The number of nitrogens with zero attached hydrogens (tertiary/aromatic N) is 2. The van der Waals surface area contributed by atoms with E-state index in [1.54, 1.807) is 4.90 Å². The van der Waals surface area contributed by atoms with Crippen molar-refractivity contribution in [1.82, 2.24) is 4.90 Å². The summed E-state index contributed by atoms with van der Waals surface area (Å²) in [6, 6.07) is 16.2. The van der Waals surface area contributed by atoms with Crippen LogP contribution in [0.3, 0.4) is 0 Å². The van der Waals surface area contributed by atoms with E-state index in [-0.39, 0.29) is 25.0 Å². The zero-order valence-corrected chi connectivity index (χ0v) is 16.3. The number of ether oxygens (including phenoxy) is 1. The average molecular weight is 378 g/mol. The fourth-order valence-electron chi connectivity index (χ4n) is 4.05. The quantitative estimate of drug-likeness (QED) is 0.821. The van der Waals surface area contributed by atoms with Crippen molar-refractivity contribution in [2.45, 2.75) is 26.2 Å². The van der Waals surface area contributed by atoms with Crippen LogP contribution in [-0.4, -0.2) is 43.0 Å². The second-order valence-electron chi connectivity index (χ2n) is 7.75. The molecular formula is C23H26N2O3. The Balaban J connectivity index is 1.35. The van der Waals surface area contributed by atoms with Crippen molar-refractivity contribution in [1.29, 1.82) is 0 Å². The number of anilines is 1. The minimum atomic E-state index is -0.163. The third kappa shape index (κ3) is 4.03. The lowest BCUT2D eigenvalue weighted by Crippen LogP contribution is -2.48. The molecule has 0 bridgehead atoms. The van der Waals surface area contributed by atoms with Crippen LogP contribution in [0.4, 0.5) is 5.69 Å². The topological polar surface area (TPSA) is 49.9 Å². The molecule has 146 valence electrons. The fraction of sp³-hybridized carbons (Fsp3) is 0.391. The SMILES string of the molecule is Cc1ccc2c(c1)OCC(=O)N2CC(=O)N1CCC(Cc2ccccc2)CC1. The van der Waals surface area contributed by atoms with E-state index in [2.05, 4.69) is 24.3 Å². The standard InChI is InChI=1S/C23H26N2O3/c1-17-7-8-20-21(13-17)28-16-23(27)25(20)15-22(26)24-11-9-19(10-12-24)14-18-5-3-2-4-6-18/h2-8,13,19H,9-12,14-16H2,1H3. The van der Waals surface area contributed by atoms with E-state index in [1.165, 1.54) is 5.56 Å². The van der Waals surface area contributed by atoms with Crippen LogP contribution in [0.25, 0.3) is 0 Å². The van der Waals surface area contributed by atoms with Crippen molar-refractivity contribution in [2.75, 3.05) is 31.1 Å². The Morgan fingerprint density at radius 3 is 2.61 bits per heavy atom. The predicted molar refractivity (Wildman–Crippen MR) is 108 cm³/mol. The lowest BCUT2D eigenvalue weighted by molar-refractivity contribution is -0.133. The largest absolute Gasteiger partial charge is 0.482 e. The van der Waals surface area contributed by atoms with Crippen molar-refractivity contribution in [3.8, 4) is 5.75 Å². The Morgan fingerprint density at radius 1 is 1.11 bits per heavy atom. The zero-order valence-electron chi connectivity index (χ0n) is 16.3. The van der Waals surface area contributed by atoms with Gasteiger partial charge in [-0.25, -0.2) is 0 Å². The number of amides is 2. The van der Waals surface area contributed by atoms with Gasteiger partial charge < -0.3 is 9.64 Å². The van der Waals surface area contributed by atoms with Crippen molar-refractivity contribution in [2.24, 2.45) is 5.92 Å². The summed E-state index contributed by atoms with van der Waals surface area (Å²) in [7, 11) is 0. The lowest BCUT2D eigenvalue weighted by atomic mass is 9.90. The number of aryl methyl sites for hydroxylation is 1. The molecule has 28 heavy (non-hydrogen) atoms. The van der Waals surface area contributed by atoms with Gasteiger partial charge in [-0.1, -0.05) is 36.4 Å². The lowest BCUT2D eigenvalue weighted by Gasteiger charge is -2.35. The molecule has 0 radical (unpaired) electrons. The summed E-state index contributed by atoms with van der Waals surface area (Å²) in [4.78, 5) is 28.7. The second-order valence-corrected chi connectivity index (χ2v) is 7.75. The van der Waals surface area contributed by atoms with E-state index < -0.39 is 0 Å². The highest BCUT2D eigenvalue weighted by molar-refractivity contribution is 6.02. The molecule has 0 unspecified atom stereocenters. The van der Waals surface area contributed by atoms with Crippen molar-refractivity contribution in [3.63, 3.8) is 0 Å². The van der Waals surface area contributed by atoms with E-state index in [0.717, 1.165) is 37.9 Å². The first-order valence-electron chi connectivity index (χ1n) is 9.95. The molecule has 2 aromatic rings. The van der Waals surface area contributed by atoms with Gasteiger partial charge in [-0.05, 0) is 55.4 Å². The first-order chi connectivity index (χ1) is 13.6. The maximum absolute atomic E-state index is 12.8. The molecule has 0 atom stereocenters. The molecule has 5 heteroatoms. The Labute approximate surface area is 165 Å². The minimum absolute atomic E-state index is 0.0110. The Hall–Kier alpha value is -2.82. The van der Waals surface area contributed by atoms with Crippen LogP contribution in [-0.2, 0) is 16.0 Å². The Kier molecular flexibility index (Phi) is 5.33. The highest BCUT2D eigenvalue weighted by Crippen LogP contribution is 2.33. The molecule has 1 fully saturated rings. The molecule has 2 aliphatic heterocycles. The van der Waals surface area contributed by atoms with Gasteiger partial charge in [0.2, 0.25) is 5.91 Å². The molecule has 2 heterocycles. The van der Waals surface area contributed by atoms with Gasteiger partial charge in [0, 0.05) is 13.1 Å². The molecule has 0 saturated carbocycles. The van der Waals surface area contributed by atoms with Crippen LogP contribution >= 0.6 is 0 Å². The molecule has 0 spiro atoms. The van der Waals surface area contributed by atoms with E-state index in [1.807, 2.05) is 36.1 Å². The molecule has 2 amide bonds. The molecule has 2 aromatic carbocycles. The molecule has 2 aliphatic rings. The van der Waals surface area contributed by atoms with Crippen LogP contribution in [0.5, 0.6) is 5.75 Å². The molecule has 0 aliphatic carbocycles. The monoisotopic (exact) mass is 378 g/mol. The molecule has 4 rings (SSSR count). The number of fused-ring (bicyclic) bond motifs is 1. The summed E-state index contributed by atoms with van der Waals surface area (Å²) in [5.74, 6) is 1.14. The number of piperidine rings is 1. The average Bonchev–Trinajstić information content (AvgIpc) is 2.71. The summed E-state index contributed by atoms with van der Waals surface area (Å²) in [5.41, 5.74) is 3.12. The summed E-state index contributed by atoms with van der Waals surface area (Å²) in [6.07, 6.45) is 3.08. The van der Waals surface area contributed by atoms with Gasteiger partial charge in [0.1, 0.15) is 12.3 Å². The summed E-state index contributed by atoms with van der Waals surface area (Å²) in [6.45, 7) is 3.57. The molecular weight excluding hydrogens is 352 g/mol. The van der Waals surface area contributed by atoms with Crippen molar-refractivity contribution < 1.29 is 14.3 Å². The van der Waals surface area contributed by atoms with Gasteiger partial charge >= 0.3 is 0 Å². The first-order valence-corrected chi connectivity index (χ1v) is 9.95. The predicted octanol–water partition coefficient (Wildman–Crippen LogP) is 3.20. The summed E-state index contributed by atoms with van der Waals surface area (Å²) >= 11 is 0. The highest BCUT2D eigenvalue weighted by Gasteiger charge is 2.30. The van der Waals surface area contributed by atoms with E-state index in [4.69, 9.17) is 4.74 Å². The Morgan fingerprint density at radius 2 is 1.86 bits per heavy atom. The molecule has 0 aromatic heterocycles. The van der Waals surface area contributed by atoms with Crippen LogP contribution in [0, 0.1) is 12.8 Å². The van der Waals surface area contributed by atoms with E-state index in [0.29, 0.717) is 17.4 Å². The van der Waals surface area contributed by atoms with Crippen LogP contribution in [0.15, 0.2) is 48.5 Å². The molecule has 5 nitrogen and oxygen atoms in total. The van der Waals surface area contributed by atoms with Crippen molar-refractivity contribution >= 4 is 17.5 Å². The fourth-order valence-corrected chi connectivity index (χ4v) is 4.05. The smallest absolute Gasteiger partial charge is 0.265 e. The van der Waals surface area contributed by atoms with Gasteiger partial charge in [0.25, 0.3) is 5.91 Å². The molecule has 0 N–H and O–H groups in total. The molecule has 1 saturated heterocycles. The van der Waals surface area contributed by atoms with Crippen molar-refractivity contribution in [3.05, 3.63) is 59.7 Å². The van der Waals surface area contributed by atoms with Gasteiger partial charge in [-0.3, -0.25) is 14.5 Å². The number of benzene rings is 2. The number of rotatable bonds is 4. The Bertz CT molecular complexity index is 857. The third-order valence-corrected chi connectivity index (χ3v) is 5.69. The number of hydrogen-bond donors (Lipinski definition) is 0. The third-order valence-electron chi connectivity index (χ3n) is 5.69. The first kappa shape index (κ1) is 18.5. The minimum Gasteiger partial charge on any atom is -0.482 e. The second kappa shape index (κ2) is 8.05. The van der Waals surface area contributed by atoms with Gasteiger partial charge in [-0.15, -0.1) is 0 Å². The number of hydrogen-bond acceptors (Lipinski definition) is 3. The van der Waals surface area contributed by atoms with Crippen LogP contribution in [0.1, 0.15) is 24.0 Å². The maximum atomic E-state index is 12.8. The van der Waals surface area contributed by atoms with Gasteiger partial charge in [-0.2, -0.15) is 0 Å². The maximum Gasteiger partial charge on any atom is 0.265 e. The van der Waals surface area contributed by atoms with E-state index in [9.17, 15) is 9.59 Å². The number of carbonyl (C=O) groups is 2. The van der Waals surface area contributed by atoms with Gasteiger partial charge in [0.05, 0.1) is 5.69 Å². The van der Waals surface area contributed by atoms with Crippen LogP contribution in [0.2, 0.25) is 0 Å². The normalized spacial score (nSPS) is 17.2. The summed E-state index contributed by atoms with van der Waals surface area (Å²) < 4.78 is 5.53. The summed E-state index contributed by atoms with van der Waals surface area (Å²) in [5, 5.41) is 0. The number of likely N-dealkylation sites (tertiary alicyclic amines) is 1. The number of carbonyl (C=O) groups excluding carboxylic acids is 2. The van der Waals surface area contributed by atoms with Crippen LogP contribution < -0.4 is 9.64 Å². The van der Waals surface area contributed by atoms with Gasteiger partial charge in [0.15, 0.2) is 6.61 Å². The highest BCUT2D eigenvalue weighted by atomic mass is 16.5. The van der Waals surface area contributed by atoms with E-state index >= 15 is 0 Å². The zero-order chi connectivity index (χ0) is 19.5.